The van der Waals surface area contributed by atoms with Crippen molar-refractivity contribution in [1.82, 2.24) is 5.32 Å². The van der Waals surface area contributed by atoms with Crippen LogP contribution >= 0.6 is 0 Å². The first kappa shape index (κ1) is 15.8. The smallest absolute Gasteiger partial charge is 0.0392 e. The maximum Gasteiger partial charge on any atom is 0.0392 e. The number of hydrogen-bond donors (Lipinski definition) is 1. The van der Waals surface area contributed by atoms with Gasteiger partial charge in [-0.25, -0.2) is 0 Å². The minimum absolute atomic E-state index is 0.369. The van der Waals surface area contributed by atoms with E-state index in [0.29, 0.717) is 17.9 Å². The summed E-state index contributed by atoms with van der Waals surface area (Å²) in [6.07, 6.45) is 1.19. The average Bonchev–Trinajstić information content (AvgIpc) is 2.56. The number of likely N-dealkylation sites (N-methyl/N-ethyl adjacent to an activating group) is 1. The molecule has 1 N–H and O–H groups in total. The molecular weight excluding hydrogens is 254 g/mol. The Morgan fingerprint density at radius 1 is 0.810 bits per heavy atom. The van der Waals surface area contributed by atoms with E-state index < -0.39 is 0 Å². The van der Waals surface area contributed by atoms with Gasteiger partial charge in [0.05, 0.1) is 0 Å². The van der Waals surface area contributed by atoms with Gasteiger partial charge in [0, 0.05) is 12.0 Å². The lowest BCUT2D eigenvalue weighted by Crippen LogP contribution is -2.30. The number of benzene rings is 2. The fourth-order valence-electron chi connectivity index (χ4n) is 3.11. The van der Waals surface area contributed by atoms with Gasteiger partial charge in [0.1, 0.15) is 0 Å². The van der Waals surface area contributed by atoms with Crippen LogP contribution in [0.5, 0.6) is 0 Å². The summed E-state index contributed by atoms with van der Waals surface area (Å²) in [4.78, 5) is 0. The molecular formula is C20H27N. The van der Waals surface area contributed by atoms with Crippen LogP contribution in [0.15, 0.2) is 60.7 Å². The summed E-state index contributed by atoms with van der Waals surface area (Å²) >= 11 is 0. The lowest BCUT2D eigenvalue weighted by molar-refractivity contribution is 0.344. The van der Waals surface area contributed by atoms with E-state index in [-0.39, 0.29) is 0 Å². The molecule has 3 unspecified atom stereocenters. The topological polar surface area (TPSA) is 12.0 Å². The zero-order chi connectivity index (χ0) is 15.1. The van der Waals surface area contributed by atoms with Gasteiger partial charge >= 0.3 is 0 Å². The van der Waals surface area contributed by atoms with Crippen molar-refractivity contribution in [2.24, 2.45) is 5.92 Å². The van der Waals surface area contributed by atoms with E-state index in [2.05, 4.69) is 86.8 Å². The average molecular weight is 281 g/mol. The molecule has 0 aliphatic heterocycles. The standard InChI is InChI=1S/C20H27N/c1-4-16(3)19(17-12-8-6-9-13-17)20(21-5-2)18-14-10-7-11-15-18/h6-16,19-21H,4-5H2,1-3H3. The molecule has 0 heterocycles. The SMILES string of the molecule is CCNC(c1ccccc1)C(c1ccccc1)C(C)CC. The second-order valence-corrected chi connectivity index (χ2v) is 5.77. The molecule has 0 fully saturated rings. The maximum atomic E-state index is 3.71. The van der Waals surface area contributed by atoms with Crippen LogP contribution < -0.4 is 5.32 Å². The summed E-state index contributed by atoms with van der Waals surface area (Å²) < 4.78 is 0. The van der Waals surface area contributed by atoms with Crippen molar-refractivity contribution >= 4 is 0 Å². The molecule has 1 heteroatoms. The van der Waals surface area contributed by atoms with Gasteiger partial charge in [-0.1, -0.05) is 87.9 Å². The summed E-state index contributed by atoms with van der Waals surface area (Å²) in [5.74, 6) is 1.13. The first-order valence-corrected chi connectivity index (χ1v) is 8.11. The third-order valence-electron chi connectivity index (χ3n) is 4.38. The van der Waals surface area contributed by atoms with E-state index >= 15 is 0 Å². The van der Waals surface area contributed by atoms with Crippen molar-refractivity contribution in [2.75, 3.05) is 6.54 Å². The highest BCUT2D eigenvalue weighted by Crippen LogP contribution is 2.38. The van der Waals surface area contributed by atoms with Gasteiger partial charge in [-0.3, -0.25) is 0 Å². The zero-order valence-electron chi connectivity index (χ0n) is 13.4. The third-order valence-corrected chi connectivity index (χ3v) is 4.38. The van der Waals surface area contributed by atoms with Gasteiger partial charge < -0.3 is 5.32 Å². The second-order valence-electron chi connectivity index (χ2n) is 5.77. The molecule has 2 aromatic carbocycles. The highest BCUT2D eigenvalue weighted by atomic mass is 14.9. The van der Waals surface area contributed by atoms with E-state index in [0.717, 1.165) is 6.54 Å². The quantitative estimate of drug-likeness (QED) is 0.738. The highest BCUT2D eigenvalue weighted by molar-refractivity contribution is 5.28. The molecule has 0 aliphatic rings. The van der Waals surface area contributed by atoms with Gasteiger partial charge in [0.2, 0.25) is 0 Å². The largest absolute Gasteiger partial charge is 0.310 e. The molecule has 0 saturated carbocycles. The molecule has 2 aromatic rings. The normalized spacial score (nSPS) is 15.4. The lowest BCUT2D eigenvalue weighted by atomic mass is 9.77. The summed E-state index contributed by atoms with van der Waals surface area (Å²) in [6, 6.07) is 22.2. The molecule has 1 nitrogen and oxygen atoms in total. The van der Waals surface area contributed by atoms with Crippen molar-refractivity contribution in [3.05, 3.63) is 71.8 Å². The Labute approximate surface area is 129 Å². The number of hydrogen-bond acceptors (Lipinski definition) is 1. The Hall–Kier alpha value is -1.60. The zero-order valence-corrected chi connectivity index (χ0v) is 13.4. The molecule has 0 amide bonds. The van der Waals surface area contributed by atoms with E-state index in [1.165, 1.54) is 17.5 Å². The Balaban J connectivity index is 2.41. The summed E-state index contributed by atoms with van der Waals surface area (Å²) in [6.45, 7) is 7.83. The van der Waals surface area contributed by atoms with Crippen molar-refractivity contribution in [3.63, 3.8) is 0 Å². The third kappa shape index (κ3) is 3.95. The molecule has 3 atom stereocenters. The van der Waals surface area contributed by atoms with Crippen LogP contribution in [0.1, 0.15) is 50.3 Å². The van der Waals surface area contributed by atoms with Crippen molar-refractivity contribution in [1.29, 1.82) is 0 Å². The Kier molecular flexibility index (Phi) is 6.01. The Morgan fingerprint density at radius 2 is 1.33 bits per heavy atom. The van der Waals surface area contributed by atoms with Gasteiger partial charge in [0.15, 0.2) is 0 Å². The summed E-state index contributed by atoms with van der Waals surface area (Å²) in [7, 11) is 0. The second kappa shape index (κ2) is 7.99. The van der Waals surface area contributed by atoms with Crippen LogP contribution in [0.4, 0.5) is 0 Å². The predicted octanol–water partition coefficient (Wildman–Crippen LogP) is 5.17. The van der Waals surface area contributed by atoms with Gasteiger partial charge in [-0.15, -0.1) is 0 Å². The van der Waals surface area contributed by atoms with Crippen LogP contribution in [-0.4, -0.2) is 6.54 Å². The van der Waals surface area contributed by atoms with E-state index in [4.69, 9.17) is 0 Å². The summed E-state index contributed by atoms with van der Waals surface area (Å²) in [5.41, 5.74) is 2.81. The molecule has 0 aliphatic carbocycles. The van der Waals surface area contributed by atoms with Gasteiger partial charge in [-0.05, 0) is 23.6 Å². The first-order valence-electron chi connectivity index (χ1n) is 8.11. The first-order chi connectivity index (χ1) is 10.3. The molecule has 0 radical (unpaired) electrons. The molecule has 21 heavy (non-hydrogen) atoms. The van der Waals surface area contributed by atoms with Crippen LogP contribution in [-0.2, 0) is 0 Å². The van der Waals surface area contributed by atoms with E-state index in [9.17, 15) is 0 Å². The molecule has 2 rings (SSSR count). The monoisotopic (exact) mass is 281 g/mol. The molecule has 0 bridgehead atoms. The van der Waals surface area contributed by atoms with E-state index in [1.807, 2.05) is 0 Å². The van der Waals surface area contributed by atoms with Crippen LogP contribution in [0, 0.1) is 5.92 Å². The maximum absolute atomic E-state index is 3.71. The van der Waals surface area contributed by atoms with Crippen molar-refractivity contribution in [2.45, 2.75) is 39.2 Å². The van der Waals surface area contributed by atoms with Crippen molar-refractivity contribution < 1.29 is 0 Å². The number of nitrogens with one attached hydrogen (secondary N) is 1. The van der Waals surface area contributed by atoms with Crippen LogP contribution in [0.25, 0.3) is 0 Å². The Morgan fingerprint density at radius 3 is 1.81 bits per heavy atom. The predicted molar refractivity (Wildman–Crippen MR) is 91.5 cm³/mol. The van der Waals surface area contributed by atoms with E-state index in [1.54, 1.807) is 0 Å². The fourth-order valence-corrected chi connectivity index (χ4v) is 3.11. The minimum atomic E-state index is 0.369. The van der Waals surface area contributed by atoms with Gasteiger partial charge in [-0.2, -0.15) is 0 Å². The molecule has 112 valence electrons. The molecule has 0 saturated heterocycles. The van der Waals surface area contributed by atoms with Crippen LogP contribution in [0.2, 0.25) is 0 Å². The minimum Gasteiger partial charge on any atom is -0.310 e. The van der Waals surface area contributed by atoms with Crippen molar-refractivity contribution in [3.8, 4) is 0 Å². The lowest BCUT2D eigenvalue weighted by Gasteiger charge is -2.33. The van der Waals surface area contributed by atoms with Gasteiger partial charge in [0.25, 0.3) is 0 Å². The van der Waals surface area contributed by atoms with Crippen LogP contribution in [0.3, 0.4) is 0 Å². The number of rotatable bonds is 7. The molecule has 0 spiro atoms. The Bertz CT molecular complexity index is 506. The molecule has 0 aromatic heterocycles. The summed E-state index contributed by atoms with van der Waals surface area (Å²) in [5, 5.41) is 3.71. The fraction of sp³-hybridized carbons (Fsp3) is 0.400. The highest BCUT2D eigenvalue weighted by Gasteiger charge is 2.28.